The van der Waals surface area contributed by atoms with Gasteiger partial charge in [-0.15, -0.1) is 0 Å². The molecule has 1 aliphatic heterocycles. The number of likely N-dealkylation sites (tertiary alicyclic amines) is 1. The van der Waals surface area contributed by atoms with E-state index in [1.165, 1.54) is 4.90 Å². The molecule has 0 aliphatic carbocycles. The van der Waals surface area contributed by atoms with Crippen LogP contribution in [0.5, 0.6) is 0 Å². The maximum absolute atomic E-state index is 12.9. The molecule has 1 amide bonds. The van der Waals surface area contributed by atoms with Crippen LogP contribution in [0.3, 0.4) is 0 Å². The van der Waals surface area contributed by atoms with Crippen molar-refractivity contribution in [2.24, 2.45) is 0 Å². The van der Waals surface area contributed by atoms with Gasteiger partial charge in [-0.1, -0.05) is 0 Å². The Morgan fingerprint density at radius 3 is 2.25 bits per heavy atom. The van der Waals surface area contributed by atoms with E-state index >= 15 is 0 Å². The highest BCUT2D eigenvalue weighted by Gasteiger charge is 2.53. The van der Waals surface area contributed by atoms with E-state index in [0.717, 1.165) is 0 Å². The standard InChI is InChI=1S/C15H21F3N4O2/c16-15(17,18)14(24)4-1-8-21(11-5-14)12-13(23)22(9-2-6-19)10-3-7-20/h24H,1-5,8-12H2. The molecule has 0 spiro atoms. The molecule has 1 rings (SSSR count). The summed E-state index contributed by atoms with van der Waals surface area (Å²) in [6, 6.07) is 3.84. The molecule has 134 valence electrons. The fourth-order valence-corrected chi connectivity index (χ4v) is 2.64. The van der Waals surface area contributed by atoms with Crippen LogP contribution in [-0.4, -0.2) is 65.3 Å². The van der Waals surface area contributed by atoms with Gasteiger partial charge in [0.25, 0.3) is 0 Å². The molecule has 6 nitrogen and oxygen atoms in total. The predicted octanol–water partition coefficient (Wildman–Crippen LogP) is 1.42. The summed E-state index contributed by atoms with van der Waals surface area (Å²) in [6.07, 6.45) is -5.14. The Morgan fingerprint density at radius 1 is 1.17 bits per heavy atom. The quantitative estimate of drug-likeness (QED) is 0.785. The molecule has 0 aromatic carbocycles. The number of alkyl halides is 3. The molecule has 1 saturated heterocycles. The second-order valence-electron chi connectivity index (χ2n) is 5.86. The van der Waals surface area contributed by atoms with E-state index in [1.54, 1.807) is 4.90 Å². The molecule has 0 saturated carbocycles. The molecule has 1 heterocycles. The van der Waals surface area contributed by atoms with Crippen molar-refractivity contribution in [2.45, 2.75) is 43.9 Å². The number of carbonyl (C=O) groups is 1. The van der Waals surface area contributed by atoms with Crippen molar-refractivity contribution in [3.8, 4) is 12.1 Å². The maximum Gasteiger partial charge on any atom is 0.417 e. The average Bonchev–Trinajstić information content (AvgIpc) is 2.70. The highest BCUT2D eigenvalue weighted by atomic mass is 19.4. The van der Waals surface area contributed by atoms with Crippen LogP contribution in [0.15, 0.2) is 0 Å². The van der Waals surface area contributed by atoms with Gasteiger partial charge in [-0.05, 0) is 25.8 Å². The second-order valence-corrected chi connectivity index (χ2v) is 5.86. The van der Waals surface area contributed by atoms with Crippen molar-refractivity contribution >= 4 is 5.91 Å². The zero-order valence-electron chi connectivity index (χ0n) is 13.3. The van der Waals surface area contributed by atoms with Gasteiger partial charge < -0.3 is 10.0 Å². The Hall–Kier alpha value is -1.84. The van der Waals surface area contributed by atoms with E-state index in [-0.39, 0.29) is 64.3 Å². The van der Waals surface area contributed by atoms with Crippen LogP contribution in [0.2, 0.25) is 0 Å². The van der Waals surface area contributed by atoms with Crippen molar-refractivity contribution in [1.82, 2.24) is 9.80 Å². The van der Waals surface area contributed by atoms with Gasteiger partial charge in [-0.2, -0.15) is 23.7 Å². The fourth-order valence-electron chi connectivity index (χ4n) is 2.64. The lowest BCUT2D eigenvalue weighted by Gasteiger charge is -2.29. The molecule has 1 unspecified atom stereocenters. The van der Waals surface area contributed by atoms with E-state index in [2.05, 4.69) is 0 Å². The number of aliphatic hydroxyl groups is 1. The predicted molar refractivity (Wildman–Crippen MR) is 78.3 cm³/mol. The van der Waals surface area contributed by atoms with Crippen LogP contribution in [0.4, 0.5) is 13.2 Å². The lowest BCUT2D eigenvalue weighted by atomic mass is 9.94. The molecule has 9 heteroatoms. The molecule has 1 fully saturated rings. The summed E-state index contributed by atoms with van der Waals surface area (Å²) >= 11 is 0. The van der Waals surface area contributed by atoms with Gasteiger partial charge in [-0.25, -0.2) is 0 Å². The van der Waals surface area contributed by atoms with Crippen LogP contribution in [0.25, 0.3) is 0 Å². The summed E-state index contributed by atoms with van der Waals surface area (Å²) in [5.41, 5.74) is -2.70. The number of hydrogen-bond acceptors (Lipinski definition) is 5. The number of halogens is 3. The van der Waals surface area contributed by atoms with E-state index in [0.29, 0.717) is 0 Å². The van der Waals surface area contributed by atoms with E-state index in [4.69, 9.17) is 10.5 Å². The molecular formula is C15H21F3N4O2. The van der Waals surface area contributed by atoms with Crippen LogP contribution in [-0.2, 0) is 4.79 Å². The summed E-state index contributed by atoms with van der Waals surface area (Å²) < 4.78 is 38.7. The van der Waals surface area contributed by atoms with Gasteiger partial charge >= 0.3 is 6.18 Å². The first-order chi connectivity index (χ1) is 11.2. The van der Waals surface area contributed by atoms with Crippen LogP contribution in [0.1, 0.15) is 32.1 Å². The Labute approximate surface area is 139 Å². The lowest BCUT2D eigenvalue weighted by Crippen LogP contribution is -2.46. The van der Waals surface area contributed by atoms with E-state index < -0.39 is 18.2 Å². The Morgan fingerprint density at radius 2 is 1.75 bits per heavy atom. The summed E-state index contributed by atoms with van der Waals surface area (Å²) in [5, 5.41) is 27.0. The van der Waals surface area contributed by atoms with Crippen molar-refractivity contribution in [2.75, 3.05) is 32.7 Å². The van der Waals surface area contributed by atoms with Gasteiger partial charge in [-0.3, -0.25) is 9.69 Å². The zero-order valence-corrected chi connectivity index (χ0v) is 13.3. The molecule has 24 heavy (non-hydrogen) atoms. The summed E-state index contributed by atoms with van der Waals surface area (Å²) in [4.78, 5) is 15.2. The normalized spacial score (nSPS) is 22.2. The molecule has 1 atom stereocenters. The highest BCUT2D eigenvalue weighted by molar-refractivity contribution is 5.78. The first-order valence-corrected chi connectivity index (χ1v) is 7.76. The molecule has 1 N–H and O–H groups in total. The van der Waals surface area contributed by atoms with Gasteiger partial charge in [0, 0.05) is 19.6 Å². The Bertz CT molecular complexity index is 494. The van der Waals surface area contributed by atoms with Gasteiger partial charge in [0.1, 0.15) is 0 Å². The fraction of sp³-hybridized carbons (Fsp3) is 0.800. The van der Waals surface area contributed by atoms with Gasteiger partial charge in [0.15, 0.2) is 5.60 Å². The topological polar surface area (TPSA) is 91.4 Å². The number of hydrogen-bond donors (Lipinski definition) is 1. The molecule has 1 aliphatic rings. The van der Waals surface area contributed by atoms with Gasteiger partial charge in [0.2, 0.25) is 5.91 Å². The van der Waals surface area contributed by atoms with Crippen LogP contribution < -0.4 is 0 Å². The summed E-state index contributed by atoms with van der Waals surface area (Å²) in [6.45, 7) is 0.556. The molecule has 0 radical (unpaired) electrons. The van der Waals surface area contributed by atoms with Crippen molar-refractivity contribution in [1.29, 1.82) is 10.5 Å². The summed E-state index contributed by atoms with van der Waals surface area (Å²) in [7, 11) is 0. The zero-order chi connectivity index (χ0) is 18.2. The van der Waals surface area contributed by atoms with Crippen LogP contribution >= 0.6 is 0 Å². The summed E-state index contributed by atoms with van der Waals surface area (Å²) in [5.74, 6) is -0.321. The van der Waals surface area contributed by atoms with Crippen molar-refractivity contribution in [3.63, 3.8) is 0 Å². The minimum absolute atomic E-state index is 0.0356. The number of rotatable bonds is 6. The van der Waals surface area contributed by atoms with E-state index in [9.17, 15) is 23.1 Å². The number of nitrogens with zero attached hydrogens (tertiary/aromatic N) is 4. The third-order valence-electron chi connectivity index (χ3n) is 4.13. The molecular weight excluding hydrogens is 325 g/mol. The number of nitriles is 2. The maximum atomic E-state index is 12.9. The molecule has 0 aromatic heterocycles. The van der Waals surface area contributed by atoms with Crippen molar-refractivity contribution < 1.29 is 23.1 Å². The molecule has 0 aromatic rings. The minimum Gasteiger partial charge on any atom is -0.380 e. The first-order valence-electron chi connectivity index (χ1n) is 7.76. The number of amides is 1. The number of carbonyl (C=O) groups excluding carboxylic acids is 1. The second kappa shape index (κ2) is 8.86. The lowest BCUT2D eigenvalue weighted by molar-refractivity contribution is -0.263. The van der Waals surface area contributed by atoms with Crippen molar-refractivity contribution in [3.05, 3.63) is 0 Å². The third kappa shape index (κ3) is 5.66. The third-order valence-corrected chi connectivity index (χ3v) is 4.13. The average molecular weight is 346 g/mol. The monoisotopic (exact) mass is 346 g/mol. The van der Waals surface area contributed by atoms with E-state index in [1.807, 2.05) is 12.1 Å². The van der Waals surface area contributed by atoms with Crippen LogP contribution in [0, 0.1) is 22.7 Å². The van der Waals surface area contributed by atoms with Gasteiger partial charge in [0.05, 0.1) is 31.5 Å². The first kappa shape index (κ1) is 20.2. The minimum atomic E-state index is -4.68. The smallest absolute Gasteiger partial charge is 0.380 e. The Balaban J connectivity index is 2.63. The largest absolute Gasteiger partial charge is 0.417 e. The Kier molecular flexibility index (Phi) is 7.46. The highest BCUT2D eigenvalue weighted by Crippen LogP contribution is 2.38. The SMILES string of the molecule is N#CCCN(CCC#N)C(=O)CN1CCCC(O)(C(F)(F)F)CC1. The molecule has 0 bridgehead atoms.